The summed E-state index contributed by atoms with van der Waals surface area (Å²) >= 11 is 8.14. The fraction of sp³-hybridized carbons (Fsp3) is 0.457. The van der Waals surface area contributed by atoms with Crippen LogP contribution in [0.15, 0.2) is 65.3 Å². The molecule has 2 bridgehead atoms. The molecule has 3 aromatic rings. The van der Waals surface area contributed by atoms with Gasteiger partial charge in [0.2, 0.25) is 0 Å². The van der Waals surface area contributed by atoms with Crippen LogP contribution in [0, 0.1) is 17.8 Å². The Labute approximate surface area is 291 Å². The van der Waals surface area contributed by atoms with Gasteiger partial charge >= 0.3 is 0 Å². The Hall–Kier alpha value is -3.32. The number of fused-ring (bicyclic) bond motifs is 3. The lowest BCUT2D eigenvalue weighted by molar-refractivity contribution is 0.0133. The molecule has 256 valence electrons. The van der Waals surface area contributed by atoms with Crippen molar-refractivity contribution in [1.82, 2.24) is 14.5 Å². The molecule has 5 atom stereocenters. The van der Waals surface area contributed by atoms with Crippen molar-refractivity contribution in [2.75, 3.05) is 36.0 Å². The first-order valence-electron chi connectivity index (χ1n) is 16.3. The van der Waals surface area contributed by atoms with Crippen molar-refractivity contribution in [3.63, 3.8) is 0 Å². The standard InChI is InChI=1S/C35H42ClN5O5S2/c1-23-5-4-6-32(45-3)30-11-8-27(30)20-41-19-26-7-10-29(36)15-24(26)13-14-47-22-46-33-12-9-25(16-31(33)41)34(42)38-48(44,21-23)39-35(43)28-17-37-40(2)18-28/h4,6-7,9-10,12,15-18,23,27,30,32H,5,8,11,13-14,19-22H2,1-3H3,(H,38,39,42,43,44)/b6-4+/t23-,27-,30+,32-,48?/m0/s1. The molecule has 2 aromatic carbocycles. The second-order valence-corrected chi connectivity index (χ2v) is 16.4. The minimum atomic E-state index is -3.52. The van der Waals surface area contributed by atoms with Crippen LogP contribution in [0.4, 0.5) is 5.69 Å². The summed E-state index contributed by atoms with van der Waals surface area (Å²) in [6.45, 7) is 3.26. The fourth-order valence-corrected chi connectivity index (χ4v) is 9.44. The predicted octanol–water partition coefficient (Wildman–Crippen LogP) is 6.30. The number of benzene rings is 2. The van der Waals surface area contributed by atoms with E-state index in [0.717, 1.165) is 42.8 Å². The summed E-state index contributed by atoms with van der Waals surface area (Å²) in [5.74, 6) is 1.25. The maximum atomic E-state index is 14.4. The van der Waals surface area contributed by atoms with Gasteiger partial charge in [-0.3, -0.25) is 19.0 Å². The van der Waals surface area contributed by atoms with Gasteiger partial charge in [0.25, 0.3) is 11.8 Å². The van der Waals surface area contributed by atoms with Crippen molar-refractivity contribution in [2.45, 2.75) is 45.3 Å². The molecule has 10 nitrogen and oxygen atoms in total. The first-order chi connectivity index (χ1) is 23.1. The number of ether oxygens (including phenoxy) is 2. The van der Waals surface area contributed by atoms with Gasteiger partial charge in [-0.25, -0.2) is 4.21 Å². The minimum Gasteiger partial charge on any atom is -0.481 e. The van der Waals surface area contributed by atoms with Crippen LogP contribution in [0.25, 0.3) is 0 Å². The van der Waals surface area contributed by atoms with E-state index >= 15 is 0 Å². The molecule has 2 amide bonds. The number of nitrogens with zero attached hydrogens (tertiary/aromatic N) is 4. The second kappa shape index (κ2) is 15.1. The average Bonchev–Trinajstić information content (AvgIpc) is 3.47. The van der Waals surface area contributed by atoms with E-state index in [1.165, 1.54) is 22.6 Å². The number of rotatable bonds is 3. The summed E-state index contributed by atoms with van der Waals surface area (Å²) in [6, 6.07) is 11.3. The molecule has 1 aliphatic carbocycles. The number of nitrogens with one attached hydrogen (secondary N) is 1. The Morgan fingerprint density at radius 2 is 2.04 bits per heavy atom. The summed E-state index contributed by atoms with van der Waals surface area (Å²) < 4.78 is 35.0. The highest BCUT2D eigenvalue weighted by Gasteiger charge is 2.38. The largest absolute Gasteiger partial charge is 0.481 e. The van der Waals surface area contributed by atoms with Gasteiger partial charge in [0.05, 0.1) is 29.3 Å². The van der Waals surface area contributed by atoms with Crippen LogP contribution < -0.4 is 14.4 Å². The van der Waals surface area contributed by atoms with Gasteiger partial charge in [-0.1, -0.05) is 36.7 Å². The van der Waals surface area contributed by atoms with Gasteiger partial charge in [-0.2, -0.15) is 5.10 Å². The third-order valence-corrected chi connectivity index (χ3v) is 12.3. The fourth-order valence-electron chi connectivity index (χ4n) is 6.66. The van der Waals surface area contributed by atoms with Crippen LogP contribution in [0.5, 0.6) is 5.75 Å². The van der Waals surface area contributed by atoms with Crippen molar-refractivity contribution in [3.05, 3.63) is 88.2 Å². The molecular formula is C35H42ClN5O5S2. The number of amides is 2. The van der Waals surface area contributed by atoms with Crippen molar-refractivity contribution in [3.8, 4) is 5.75 Å². The summed E-state index contributed by atoms with van der Waals surface area (Å²) in [4.78, 5) is 29.4. The number of thioether (sulfide) groups is 1. The quantitative estimate of drug-likeness (QED) is 0.315. The molecule has 6 rings (SSSR count). The molecule has 1 N–H and O–H groups in total. The summed E-state index contributed by atoms with van der Waals surface area (Å²) in [5, 5.41) is 4.75. The van der Waals surface area contributed by atoms with Crippen LogP contribution in [-0.2, 0) is 34.7 Å². The third kappa shape index (κ3) is 8.10. The number of halogens is 1. The molecule has 0 spiro atoms. The Kier molecular flexibility index (Phi) is 10.8. The summed E-state index contributed by atoms with van der Waals surface area (Å²) in [7, 11) is -0.0865. The van der Waals surface area contributed by atoms with E-state index in [9.17, 15) is 13.8 Å². The van der Waals surface area contributed by atoms with Crippen molar-refractivity contribution in [1.29, 1.82) is 0 Å². The zero-order valence-corrected chi connectivity index (χ0v) is 29.9. The lowest BCUT2D eigenvalue weighted by atomic mass is 9.70. The average molecular weight is 712 g/mol. The van der Waals surface area contributed by atoms with Crippen LogP contribution >= 0.6 is 23.4 Å². The van der Waals surface area contributed by atoms with E-state index in [2.05, 4.69) is 37.3 Å². The van der Waals surface area contributed by atoms with E-state index < -0.39 is 21.7 Å². The maximum Gasteiger partial charge on any atom is 0.286 e. The lowest BCUT2D eigenvalue weighted by Crippen LogP contribution is -2.43. The number of carbonyl (C=O) groups excluding carboxylic acids is 2. The maximum absolute atomic E-state index is 14.4. The number of carbonyl (C=O) groups is 2. The molecule has 48 heavy (non-hydrogen) atoms. The predicted molar refractivity (Wildman–Crippen MR) is 191 cm³/mol. The SMILES string of the molecule is CO[C@H]1/C=C/C[C@H](C)CS(=O)(NC(=O)c2cnn(C)c2)=NC(=O)c2ccc3c(c2)N(Cc2ccc(Cl)cc2CCSCO3)C[C@@H]2CC[C@H]21. The number of anilines is 1. The van der Waals surface area contributed by atoms with Gasteiger partial charge in [0, 0.05) is 49.8 Å². The smallest absolute Gasteiger partial charge is 0.286 e. The minimum absolute atomic E-state index is 0.00444. The van der Waals surface area contributed by atoms with E-state index in [0.29, 0.717) is 41.5 Å². The lowest BCUT2D eigenvalue weighted by Gasteiger charge is -2.43. The zero-order valence-electron chi connectivity index (χ0n) is 27.5. The van der Waals surface area contributed by atoms with Gasteiger partial charge < -0.3 is 14.4 Å². The van der Waals surface area contributed by atoms with E-state index in [-0.39, 0.29) is 28.9 Å². The van der Waals surface area contributed by atoms with Crippen molar-refractivity contribution < 1.29 is 23.3 Å². The highest BCUT2D eigenvalue weighted by Crippen LogP contribution is 2.42. The molecule has 1 unspecified atom stereocenters. The molecule has 13 heteroatoms. The molecule has 1 aromatic heterocycles. The van der Waals surface area contributed by atoms with E-state index in [1.807, 2.05) is 19.1 Å². The number of aryl methyl sites for hydroxylation is 2. The highest BCUT2D eigenvalue weighted by atomic mass is 35.5. The molecule has 0 saturated heterocycles. The Bertz CT molecular complexity index is 1820. The second-order valence-electron chi connectivity index (χ2n) is 12.9. The highest BCUT2D eigenvalue weighted by molar-refractivity contribution is 7.99. The number of hydrogen-bond donors (Lipinski definition) is 1. The van der Waals surface area contributed by atoms with Crippen LogP contribution in [0.1, 0.15) is 58.0 Å². The van der Waals surface area contributed by atoms with E-state index in [4.69, 9.17) is 21.1 Å². The molecule has 3 aliphatic rings. The van der Waals surface area contributed by atoms with E-state index in [1.54, 1.807) is 44.1 Å². The van der Waals surface area contributed by atoms with Crippen molar-refractivity contribution >= 4 is 50.8 Å². The monoisotopic (exact) mass is 711 g/mol. The Morgan fingerprint density at radius 3 is 2.79 bits per heavy atom. The summed E-state index contributed by atoms with van der Waals surface area (Å²) in [6.07, 6.45) is 10.6. The number of methoxy groups -OCH3 is 1. The molecule has 0 radical (unpaired) electrons. The van der Waals surface area contributed by atoms with Gasteiger partial charge in [-0.15, -0.1) is 16.1 Å². The van der Waals surface area contributed by atoms with Crippen molar-refractivity contribution in [2.24, 2.45) is 29.2 Å². The molecule has 1 fully saturated rings. The molecule has 3 heterocycles. The van der Waals surface area contributed by atoms with Crippen LogP contribution in [0.3, 0.4) is 0 Å². The zero-order chi connectivity index (χ0) is 33.8. The number of allylic oxidation sites excluding steroid dienone is 1. The van der Waals surface area contributed by atoms with Gasteiger partial charge in [0.15, 0.2) is 0 Å². The number of hydrogen-bond acceptors (Lipinski definition) is 8. The normalized spacial score (nSPS) is 27.2. The first-order valence-corrected chi connectivity index (χ1v) is 19.5. The third-order valence-electron chi connectivity index (χ3n) is 9.34. The van der Waals surface area contributed by atoms with Crippen LogP contribution in [0.2, 0.25) is 5.02 Å². The topological polar surface area (TPSA) is 115 Å². The number of aromatic nitrogens is 2. The molecular weight excluding hydrogens is 670 g/mol. The Morgan fingerprint density at radius 1 is 1.19 bits per heavy atom. The van der Waals surface area contributed by atoms with Gasteiger partial charge in [-0.05, 0) is 84.9 Å². The molecule has 2 aliphatic heterocycles. The summed E-state index contributed by atoms with van der Waals surface area (Å²) in [5.41, 5.74) is 3.62. The van der Waals surface area contributed by atoms with Gasteiger partial charge in [0.1, 0.15) is 21.6 Å². The molecule has 1 saturated carbocycles. The first kappa shape index (κ1) is 34.5. The Balaban J connectivity index is 1.45. The van der Waals surface area contributed by atoms with Crippen LogP contribution in [-0.4, -0.2) is 63.0 Å².